The number of nitrogens with two attached hydrogens (primary N) is 1. The van der Waals surface area contributed by atoms with Crippen LogP contribution in [0.1, 0.15) is 17.3 Å². The van der Waals surface area contributed by atoms with Gasteiger partial charge < -0.3 is 5.73 Å². The van der Waals surface area contributed by atoms with E-state index >= 15 is 0 Å². The summed E-state index contributed by atoms with van der Waals surface area (Å²) in [5, 5.41) is 8.84. The van der Waals surface area contributed by atoms with Gasteiger partial charge in [0.1, 0.15) is 0 Å². The minimum Gasteiger partial charge on any atom is -0.322 e. The predicted octanol–water partition coefficient (Wildman–Crippen LogP) is 3.16. The van der Waals surface area contributed by atoms with E-state index in [2.05, 4.69) is 10.3 Å². The Bertz CT molecular complexity index is 724. The number of halogens is 1. The molecule has 1 aromatic heterocycles. The second-order valence-electron chi connectivity index (χ2n) is 4.81. The molecule has 0 fully saturated rings. The lowest BCUT2D eigenvalue weighted by Crippen LogP contribution is -2.18. The summed E-state index contributed by atoms with van der Waals surface area (Å²) in [6.07, 6.45) is 2.34. The standard InChI is InChI=1S/C16H15ClN4/c17-14-9-5-4-6-12(14)10-15(18)16-11-19-20-21(16)13-7-2-1-3-8-13/h1-9,11,15H,10,18H2. The number of aromatic nitrogens is 3. The lowest BCUT2D eigenvalue weighted by Gasteiger charge is -2.14. The molecule has 0 bridgehead atoms. The maximum atomic E-state index is 6.32. The Labute approximate surface area is 128 Å². The maximum Gasteiger partial charge on any atom is 0.0816 e. The fourth-order valence-electron chi connectivity index (χ4n) is 2.27. The average Bonchev–Trinajstić information content (AvgIpc) is 3.00. The number of rotatable bonds is 4. The van der Waals surface area contributed by atoms with Crippen LogP contribution < -0.4 is 5.73 Å². The zero-order chi connectivity index (χ0) is 14.7. The quantitative estimate of drug-likeness (QED) is 0.805. The first-order valence-corrected chi connectivity index (χ1v) is 7.08. The Balaban J connectivity index is 1.88. The highest BCUT2D eigenvalue weighted by Gasteiger charge is 2.15. The number of benzene rings is 2. The molecular weight excluding hydrogens is 284 g/mol. The Kier molecular flexibility index (Phi) is 3.99. The first-order valence-electron chi connectivity index (χ1n) is 6.70. The molecule has 3 rings (SSSR count). The number of hydrogen-bond acceptors (Lipinski definition) is 3. The molecule has 21 heavy (non-hydrogen) atoms. The summed E-state index contributed by atoms with van der Waals surface area (Å²) in [7, 11) is 0. The molecular formula is C16H15ClN4. The summed E-state index contributed by atoms with van der Waals surface area (Å²) < 4.78 is 1.77. The van der Waals surface area contributed by atoms with Gasteiger partial charge in [0.2, 0.25) is 0 Å². The van der Waals surface area contributed by atoms with Crippen LogP contribution in [0.15, 0.2) is 60.8 Å². The van der Waals surface area contributed by atoms with Crippen molar-refractivity contribution in [2.24, 2.45) is 5.73 Å². The Morgan fingerprint density at radius 2 is 1.76 bits per heavy atom. The Morgan fingerprint density at radius 1 is 1.05 bits per heavy atom. The zero-order valence-corrected chi connectivity index (χ0v) is 12.1. The highest BCUT2D eigenvalue weighted by atomic mass is 35.5. The fourth-order valence-corrected chi connectivity index (χ4v) is 2.48. The van der Waals surface area contributed by atoms with Gasteiger partial charge in [-0.2, -0.15) is 0 Å². The third-order valence-electron chi connectivity index (χ3n) is 3.35. The second kappa shape index (κ2) is 6.08. The molecule has 0 aliphatic heterocycles. The molecule has 2 aromatic carbocycles. The van der Waals surface area contributed by atoms with Crippen LogP contribution in [0, 0.1) is 0 Å². The van der Waals surface area contributed by atoms with Crippen LogP contribution in [0.3, 0.4) is 0 Å². The second-order valence-corrected chi connectivity index (χ2v) is 5.22. The van der Waals surface area contributed by atoms with E-state index in [4.69, 9.17) is 17.3 Å². The first-order chi connectivity index (χ1) is 10.3. The smallest absolute Gasteiger partial charge is 0.0816 e. The summed E-state index contributed by atoms with van der Waals surface area (Å²) in [6, 6.07) is 17.3. The topological polar surface area (TPSA) is 56.7 Å². The molecule has 1 heterocycles. The van der Waals surface area contributed by atoms with Gasteiger partial charge in [-0.1, -0.05) is 53.2 Å². The van der Waals surface area contributed by atoms with Crippen molar-refractivity contribution in [1.29, 1.82) is 0 Å². The number of para-hydroxylation sites is 1. The van der Waals surface area contributed by atoms with E-state index in [-0.39, 0.29) is 6.04 Å². The van der Waals surface area contributed by atoms with E-state index in [1.54, 1.807) is 10.9 Å². The molecule has 5 heteroatoms. The molecule has 3 aromatic rings. The van der Waals surface area contributed by atoms with Crippen molar-refractivity contribution in [3.05, 3.63) is 77.1 Å². The van der Waals surface area contributed by atoms with Gasteiger partial charge >= 0.3 is 0 Å². The lowest BCUT2D eigenvalue weighted by molar-refractivity contribution is 0.649. The van der Waals surface area contributed by atoms with Gasteiger partial charge in [0.15, 0.2) is 0 Å². The van der Waals surface area contributed by atoms with Crippen molar-refractivity contribution < 1.29 is 0 Å². The van der Waals surface area contributed by atoms with E-state index in [1.807, 2.05) is 54.6 Å². The van der Waals surface area contributed by atoms with Gasteiger partial charge in [0.25, 0.3) is 0 Å². The normalized spacial score (nSPS) is 12.3. The number of hydrogen-bond donors (Lipinski definition) is 1. The van der Waals surface area contributed by atoms with Crippen molar-refractivity contribution in [3.8, 4) is 5.69 Å². The van der Waals surface area contributed by atoms with E-state index in [9.17, 15) is 0 Å². The minimum atomic E-state index is -0.222. The summed E-state index contributed by atoms with van der Waals surface area (Å²) in [5.74, 6) is 0. The van der Waals surface area contributed by atoms with E-state index in [1.165, 1.54) is 0 Å². The highest BCUT2D eigenvalue weighted by Crippen LogP contribution is 2.22. The highest BCUT2D eigenvalue weighted by molar-refractivity contribution is 6.31. The maximum absolute atomic E-state index is 6.32. The van der Waals surface area contributed by atoms with Crippen molar-refractivity contribution in [3.63, 3.8) is 0 Å². The van der Waals surface area contributed by atoms with Crippen LogP contribution in [-0.4, -0.2) is 15.0 Å². The molecule has 0 saturated carbocycles. The third-order valence-corrected chi connectivity index (χ3v) is 3.72. The van der Waals surface area contributed by atoms with Crippen LogP contribution in [0.25, 0.3) is 5.69 Å². The summed E-state index contributed by atoms with van der Waals surface area (Å²) in [6.45, 7) is 0. The van der Waals surface area contributed by atoms with E-state index in [0.717, 1.165) is 22.0 Å². The van der Waals surface area contributed by atoms with Crippen molar-refractivity contribution in [2.75, 3.05) is 0 Å². The summed E-state index contributed by atoms with van der Waals surface area (Å²) >= 11 is 6.19. The van der Waals surface area contributed by atoms with Crippen LogP contribution in [0.4, 0.5) is 0 Å². The van der Waals surface area contributed by atoms with Gasteiger partial charge in [-0.05, 0) is 30.2 Å². The molecule has 106 valence electrons. The van der Waals surface area contributed by atoms with E-state index in [0.29, 0.717) is 6.42 Å². The number of nitrogens with zero attached hydrogens (tertiary/aromatic N) is 3. The molecule has 2 N–H and O–H groups in total. The minimum absolute atomic E-state index is 0.222. The first kappa shape index (κ1) is 13.8. The fraction of sp³-hybridized carbons (Fsp3) is 0.125. The van der Waals surface area contributed by atoms with Crippen molar-refractivity contribution in [1.82, 2.24) is 15.0 Å². The van der Waals surface area contributed by atoms with Crippen LogP contribution in [0.5, 0.6) is 0 Å². The van der Waals surface area contributed by atoms with Crippen LogP contribution >= 0.6 is 11.6 Å². The van der Waals surface area contributed by atoms with Crippen LogP contribution in [-0.2, 0) is 6.42 Å². The zero-order valence-electron chi connectivity index (χ0n) is 11.4. The van der Waals surface area contributed by atoms with Gasteiger partial charge in [0.05, 0.1) is 23.6 Å². The van der Waals surface area contributed by atoms with Gasteiger partial charge in [-0.15, -0.1) is 5.10 Å². The lowest BCUT2D eigenvalue weighted by atomic mass is 10.0. The third kappa shape index (κ3) is 2.96. The summed E-state index contributed by atoms with van der Waals surface area (Å²) in [5.41, 5.74) is 9.15. The SMILES string of the molecule is NC(Cc1ccccc1Cl)c1cnnn1-c1ccccc1. The van der Waals surface area contributed by atoms with Gasteiger partial charge in [0, 0.05) is 5.02 Å². The molecule has 0 amide bonds. The molecule has 0 aliphatic rings. The van der Waals surface area contributed by atoms with Crippen molar-refractivity contribution in [2.45, 2.75) is 12.5 Å². The van der Waals surface area contributed by atoms with E-state index < -0.39 is 0 Å². The molecule has 0 aliphatic carbocycles. The molecule has 1 atom stereocenters. The largest absolute Gasteiger partial charge is 0.322 e. The average molecular weight is 299 g/mol. The van der Waals surface area contributed by atoms with Crippen molar-refractivity contribution >= 4 is 11.6 Å². The van der Waals surface area contributed by atoms with Gasteiger partial charge in [-0.25, -0.2) is 4.68 Å². The van der Waals surface area contributed by atoms with Gasteiger partial charge in [-0.3, -0.25) is 0 Å². The van der Waals surface area contributed by atoms with Crippen LogP contribution in [0.2, 0.25) is 5.02 Å². The molecule has 0 spiro atoms. The Morgan fingerprint density at radius 3 is 2.52 bits per heavy atom. The molecule has 0 radical (unpaired) electrons. The molecule has 4 nitrogen and oxygen atoms in total. The monoisotopic (exact) mass is 298 g/mol. The summed E-state index contributed by atoms with van der Waals surface area (Å²) in [4.78, 5) is 0. The molecule has 0 saturated heterocycles. The predicted molar refractivity (Wildman–Crippen MR) is 83.4 cm³/mol. The Hall–Kier alpha value is -2.17. The molecule has 1 unspecified atom stereocenters.